The van der Waals surface area contributed by atoms with E-state index in [2.05, 4.69) is 44.2 Å². The normalized spacial score (nSPS) is 12.3. The van der Waals surface area contributed by atoms with Crippen LogP contribution in [-0.4, -0.2) is 22.4 Å². The second-order valence-corrected chi connectivity index (χ2v) is 5.69. The first-order valence-corrected chi connectivity index (χ1v) is 7.23. The van der Waals surface area contributed by atoms with Crippen molar-refractivity contribution in [3.63, 3.8) is 0 Å². The van der Waals surface area contributed by atoms with Gasteiger partial charge in [0.25, 0.3) is 0 Å². The number of aromatic nitrogens is 2. The fraction of sp³-hybridized carbons (Fsp3) is 0.800. The molecule has 0 aromatic carbocycles. The molecule has 1 heterocycles. The molecule has 1 aromatic rings. The molecule has 104 valence electrons. The largest absolute Gasteiger partial charge is 0.314 e. The van der Waals surface area contributed by atoms with Crippen molar-refractivity contribution in [1.29, 1.82) is 0 Å². The molecule has 3 heteroatoms. The fourth-order valence-corrected chi connectivity index (χ4v) is 2.40. The van der Waals surface area contributed by atoms with Crippen molar-refractivity contribution >= 4 is 0 Å². The van der Waals surface area contributed by atoms with Crippen LogP contribution in [0.3, 0.4) is 0 Å². The van der Waals surface area contributed by atoms with Crippen molar-refractivity contribution in [3.8, 4) is 0 Å². The first kappa shape index (κ1) is 15.2. The van der Waals surface area contributed by atoms with Crippen molar-refractivity contribution in [2.75, 3.05) is 6.54 Å². The lowest BCUT2D eigenvalue weighted by Gasteiger charge is -2.33. The average molecular weight is 251 g/mol. The van der Waals surface area contributed by atoms with Crippen molar-refractivity contribution in [1.82, 2.24) is 15.1 Å². The standard InChI is InChI=1S/C15H29N3/c1-6-15(7-2,12-16-13(3)4)10-8-14-9-11-17-18(14)5/h9,11,13,16H,6-8,10,12H2,1-5H3. The van der Waals surface area contributed by atoms with Gasteiger partial charge in [0, 0.05) is 31.5 Å². The van der Waals surface area contributed by atoms with Gasteiger partial charge in [-0.15, -0.1) is 0 Å². The van der Waals surface area contributed by atoms with Crippen LogP contribution in [0.25, 0.3) is 0 Å². The maximum atomic E-state index is 4.24. The highest BCUT2D eigenvalue weighted by Crippen LogP contribution is 2.31. The van der Waals surface area contributed by atoms with Gasteiger partial charge in [-0.1, -0.05) is 27.7 Å². The summed E-state index contributed by atoms with van der Waals surface area (Å²) < 4.78 is 1.99. The van der Waals surface area contributed by atoms with Gasteiger partial charge >= 0.3 is 0 Å². The molecule has 0 unspecified atom stereocenters. The van der Waals surface area contributed by atoms with Gasteiger partial charge in [-0.25, -0.2) is 0 Å². The zero-order valence-electron chi connectivity index (χ0n) is 12.7. The van der Waals surface area contributed by atoms with Crippen LogP contribution in [0, 0.1) is 5.41 Å². The Morgan fingerprint density at radius 3 is 2.44 bits per heavy atom. The zero-order chi connectivity index (χ0) is 13.6. The summed E-state index contributed by atoms with van der Waals surface area (Å²) in [5.74, 6) is 0. The van der Waals surface area contributed by atoms with E-state index in [1.807, 2.05) is 17.9 Å². The SMILES string of the molecule is CCC(CC)(CCc1ccnn1C)CNC(C)C. The van der Waals surface area contributed by atoms with Gasteiger partial charge in [0.05, 0.1) is 0 Å². The van der Waals surface area contributed by atoms with Crippen molar-refractivity contribution in [3.05, 3.63) is 18.0 Å². The molecular weight excluding hydrogens is 222 g/mol. The second-order valence-electron chi connectivity index (χ2n) is 5.69. The first-order chi connectivity index (χ1) is 8.53. The van der Waals surface area contributed by atoms with Gasteiger partial charge in [-0.05, 0) is 37.2 Å². The van der Waals surface area contributed by atoms with Crippen molar-refractivity contribution in [2.45, 2.75) is 59.4 Å². The maximum Gasteiger partial charge on any atom is 0.0492 e. The molecule has 0 atom stereocenters. The molecule has 0 aliphatic carbocycles. The zero-order valence-corrected chi connectivity index (χ0v) is 12.7. The van der Waals surface area contributed by atoms with E-state index in [1.165, 1.54) is 25.0 Å². The van der Waals surface area contributed by atoms with Crippen LogP contribution < -0.4 is 5.32 Å². The maximum absolute atomic E-state index is 4.24. The molecule has 3 nitrogen and oxygen atoms in total. The Bertz CT molecular complexity index is 337. The number of rotatable bonds is 8. The third kappa shape index (κ3) is 4.13. The summed E-state index contributed by atoms with van der Waals surface area (Å²) in [7, 11) is 2.03. The summed E-state index contributed by atoms with van der Waals surface area (Å²) in [5, 5.41) is 7.85. The van der Waals surface area contributed by atoms with Gasteiger partial charge in [0.1, 0.15) is 0 Å². The Morgan fingerprint density at radius 1 is 1.33 bits per heavy atom. The number of nitrogens with one attached hydrogen (secondary N) is 1. The molecular formula is C15H29N3. The van der Waals surface area contributed by atoms with Crippen LogP contribution >= 0.6 is 0 Å². The Labute approximate surface area is 112 Å². The third-order valence-corrected chi connectivity index (χ3v) is 4.22. The Kier molecular flexibility index (Phi) is 5.86. The lowest BCUT2D eigenvalue weighted by atomic mass is 9.77. The number of hydrogen-bond acceptors (Lipinski definition) is 2. The molecule has 0 aliphatic heterocycles. The summed E-state index contributed by atoms with van der Waals surface area (Å²) in [6, 6.07) is 2.70. The fourth-order valence-electron chi connectivity index (χ4n) is 2.40. The highest BCUT2D eigenvalue weighted by molar-refractivity contribution is 5.01. The van der Waals surface area contributed by atoms with E-state index in [1.54, 1.807) is 0 Å². The third-order valence-electron chi connectivity index (χ3n) is 4.22. The highest BCUT2D eigenvalue weighted by atomic mass is 15.2. The molecule has 0 amide bonds. The molecule has 0 radical (unpaired) electrons. The summed E-state index contributed by atoms with van der Waals surface area (Å²) in [4.78, 5) is 0. The summed E-state index contributed by atoms with van der Waals surface area (Å²) >= 11 is 0. The van der Waals surface area contributed by atoms with Crippen LogP contribution in [0.4, 0.5) is 0 Å². The minimum Gasteiger partial charge on any atom is -0.314 e. The monoisotopic (exact) mass is 251 g/mol. The Hall–Kier alpha value is -0.830. The van der Waals surface area contributed by atoms with E-state index in [0.29, 0.717) is 11.5 Å². The summed E-state index contributed by atoms with van der Waals surface area (Å²) in [5.41, 5.74) is 1.76. The van der Waals surface area contributed by atoms with E-state index in [-0.39, 0.29) is 0 Å². The quantitative estimate of drug-likeness (QED) is 0.769. The molecule has 18 heavy (non-hydrogen) atoms. The Balaban J connectivity index is 2.59. The molecule has 1 N–H and O–H groups in total. The average Bonchev–Trinajstić information content (AvgIpc) is 2.76. The molecule has 0 fully saturated rings. The van der Waals surface area contributed by atoms with Crippen LogP contribution in [0.15, 0.2) is 12.3 Å². The van der Waals surface area contributed by atoms with E-state index < -0.39 is 0 Å². The molecule has 0 bridgehead atoms. The predicted molar refractivity (Wildman–Crippen MR) is 77.7 cm³/mol. The van der Waals surface area contributed by atoms with Gasteiger partial charge < -0.3 is 5.32 Å². The van der Waals surface area contributed by atoms with Crippen LogP contribution in [-0.2, 0) is 13.5 Å². The van der Waals surface area contributed by atoms with Gasteiger partial charge in [0.2, 0.25) is 0 Å². The molecule has 1 rings (SSSR count). The Morgan fingerprint density at radius 2 is 2.00 bits per heavy atom. The number of aryl methyl sites for hydroxylation is 2. The minimum absolute atomic E-state index is 0.425. The van der Waals surface area contributed by atoms with E-state index in [0.717, 1.165) is 13.0 Å². The van der Waals surface area contributed by atoms with Gasteiger partial charge in [0.15, 0.2) is 0 Å². The van der Waals surface area contributed by atoms with Gasteiger partial charge in [-0.3, -0.25) is 4.68 Å². The minimum atomic E-state index is 0.425. The first-order valence-electron chi connectivity index (χ1n) is 7.23. The number of hydrogen-bond donors (Lipinski definition) is 1. The summed E-state index contributed by atoms with van der Waals surface area (Å²) in [6.07, 6.45) is 6.72. The molecule has 1 aromatic heterocycles. The topological polar surface area (TPSA) is 29.9 Å². The van der Waals surface area contributed by atoms with Crippen LogP contribution in [0.1, 0.15) is 52.7 Å². The molecule has 0 saturated carbocycles. The molecule has 0 aliphatic rings. The van der Waals surface area contributed by atoms with E-state index in [4.69, 9.17) is 0 Å². The lowest BCUT2D eigenvalue weighted by molar-refractivity contribution is 0.220. The van der Waals surface area contributed by atoms with E-state index in [9.17, 15) is 0 Å². The smallest absolute Gasteiger partial charge is 0.0492 e. The van der Waals surface area contributed by atoms with Crippen LogP contribution in [0.5, 0.6) is 0 Å². The number of nitrogens with zero attached hydrogens (tertiary/aromatic N) is 2. The highest BCUT2D eigenvalue weighted by Gasteiger charge is 2.26. The van der Waals surface area contributed by atoms with Crippen molar-refractivity contribution < 1.29 is 0 Å². The van der Waals surface area contributed by atoms with Gasteiger partial charge in [-0.2, -0.15) is 5.10 Å². The molecule has 0 saturated heterocycles. The van der Waals surface area contributed by atoms with Crippen LogP contribution in [0.2, 0.25) is 0 Å². The predicted octanol–water partition coefficient (Wildman–Crippen LogP) is 3.16. The summed E-state index contributed by atoms with van der Waals surface area (Å²) in [6.45, 7) is 10.2. The second kappa shape index (κ2) is 6.93. The van der Waals surface area contributed by atoms with E-state index >= 15 is 0 Å². The lowest BCUT2D eigenvalue weighted by Crippen LogP contribution is -2.37. The van der Waals surface area contributed by atoms with Crippen molar-refractivity contribution in [2.24, 2.45) is 12.5 Å². The molecule has 0 spiro atoms.